The van der Waals surface area contributed by atoms with Gasteiger partial charge >= 0.3 is 5.97 Å². The van der Waals surface area contributed by atoms with Crippen LogP contribution in [0.3, 0.4) is 0 Å². The molecule has 2 saturated carbocycles. The van der Waals surface area contributed by atoms with Crippen molar-refractivity contribution in [2.75, 3.05) is 0 Å². The molecule has 2 aliphatic rings. The first kappa shape index (κ1) is 14.5. The zero-order valence-electron chi connectivity index (χ0n) is 13.2. The minimum Gasteiger partial charge on any atom is -0.481 e. The Hall–Kier alpha value is -2.09. The Morgan fingerprint density at radius 2 is 1.70 bits per heavy atom. The van der Waals surface area contributed by atoms with Crippen molar-refractivity contribution >= 4 is 5.97 Å². The highest BCUT2D eigenvalue weighted by Crippen LogP contribution is 2.78. The number of fused-ring (bicyclic) bond motifs is 1. The van der Waals surface area contributed by atoms with Gasteiger partial charge < -0.3 is 5.11 Å². The summed E-state index contributed by atoms with van der Waals surface area (Å²) in [5.74, 6) is -0.319. The van der Waals surface area contributed by atoms with Crippen molar-refractivity contribution < 1.29 is 9.90 Å². The molecule has 2 nitrogen and oxygen atoms in total. The SMILES string of the molecule is O=C(O)[C@@]1(c2ccccc2)[C@@H]2CCC[C@@]21CCc1ccccc1. The Labute approximate surface area is 137 Å². The van der Waals surface area contributed by atoms with Crippen LogP contribution in [0.5, 0.6) is 0 Å². The Morgan fingerprint density at radius 1 is 1.04 bits per heavy atom. The molecule has 1 N–H and O–H groups in total. The van der Waals surface area contributed by atoms with Gasteiger partial charge in [0, 0.05) is 0 Å². The summed E-state index contributed by atoms with van der Waals surface area (Å²) < 4.78 is 0. The molecule has 0 aromatic heterocycles. The van der Waals surface area contributed by atoms with Gasteiger partial charge in [0.15, 0.2) is 0 Å². The molecule has 0 radical (unpaired) electrons. The van der Waals surface area contributed by atoms with Gasteiger partial charge in [-0.25, -0.2) is 0 Å². The minimum absolute atomic E-state index is 0.0456. The van der Waals surface area contributed by atoms with Gasteiger partial charge in [0.1, 0.15) is 5.41 Å². The summed E-state index contributed by atoms with van der Waals surface area (Å²) in [5, 5.41) is 10.1. The highest BCUT2D eigenvalue weighted by molar-refractivity contribution is 5.89. The molecular formula is C21H22O2. The molecule has 23 heavy (non-hydrogen) atoms. The molecule has 0 spiro atoms. The summed E-state index contributed by atoms with van der Waals surface area (Å²) in [5.41, 5.74) is 1.62. The average molecular weight is 306 g/mol. The third-order valence-corrected chi connectivity index (χ3v) is 6.28. The van der Waals surface area contributed by atoms with Crippen LogP contribution in [0.25, 0.3) is 0 Å². The maximum absolute atomic E-state index is 12.3. The third kappa shape index (κ3) is 1.90. The summed E-state index contributed by atoms with van der Waals surface area (Å²) in [6.45, 7) is 0. The smallest absolute Gasteiger partial charge is 0.315 e. The number of carboxylic acid groups (broad SMARTS) is 1. The zero-order chi connectivity index (χ0) is 15.9. The Balaban J connectivity index is 1.67. The molecule has 0 unspecified atom stereocenters. The summed E-state index contributed by atoms with van der Waals surface area (Å²) in [7, 11) is 0. The van der Waals surface area contributed by atoms with Crippen molar-refractivity contribution in [3.8, 4) is 0 Å². The standard InChI is InChI=1S/C21H22O2/c22-19(23)21(17-10-5-2-6-11-17)18-12-7-14-20(18,21)15-13-16-8-3-1-4-9-16/h1-6,8-11,18H,7,12-15H2,(H,22,23)/t18-,20-,21-/m1/s1. The first-order chi connectivity index (χ1) is 11.2. The van der Waals surface area contributed by atoms with Crippen molar-refractivity contribution in [2.45, 2.75) is 37.5 Å². The number of aryl methyl sites for hydroxylation is 1. The minimum atomic E-state index is -0.651. The van der Waals surface area contributed by atoms with E-state index in [1.54, 1.807) is 0 Å². The normalized spacial score (nSPS) is 31.6. The fourth-order valence-corrected chi connectivity index (χ4v) is 5.35. The predicted octanol–water partition coefficient (Wildman–Crippen LogP) is 4.44. The highest BCUT2D eigenvalue weighted by Gasteiger charge is 2.81. The Bertz CT molecular complexity index is 709. The van der Waals surface area contributed by atoms with E-state index in [-0.39, 0.29) is 5.41 Å². The summed E-state index contributed by atoms with van der Waals surface area (Å²) >= 11 is 0. The zero-order valence-corrected chi connectivity index (χ0v) is 13.2. The van der Waals surface area contributed by atoms with Gasteiger partial charge in [0.2, 0.25) is 0 Å². The highest BCUT2D eigenvalue weighted by atomic mass is 16.4. The van der Waals surface area contributed by atoms with E-state index in [1.807, 2.05) is 36.4 Å². The fourth-order valence-electron chi connectivity index (χ4n) is 5.35. The van der Waals surface area contributed by atoms with Crippen LogP contribution >= 0.6 is 0 Å². The van der Waals surface area contributed by atoms with Crippen molar-refractivity contribution in [2.24, 2.45) is 11.3 Å². The van der Waals surface area contributed by atoms with E-state index >= 15 is 0 Å². The van der Waals surface area contributed by atoms with Gasteiger partial charge in [0.25, 0.3) is 0 Å². The lowest BCUT2D eigenvalue weighted by Gasteiger charge is -2.23. The lowest BCUT2D eigenvalue weighted by atomic mass is 9.79. The van der Waals surface area contributed by atoms with E-state index in [1.165, 1.54) is 12.0 Å². The monoisotopic (exact) mass is 306 g/mol. The maximum Gasteiger partial charge on any atom is 0.315 e. The molecule has 2 heteroatoms. The third-order valence-electron chi connectivity index (χ3n) is 6.28. The van der Waals surface area contributed by atoms with Crippen molar-refractivity contribution in [3.05, 3.63) is 71.8 Å². The maximum atomic E-state index is 12.3. The van der Waals surface area contributed by atoms with Crippen LogP contribution in [0.15, 0.2) is 60.7 Å². The van der Waals surface area contributed by atoms with Gasteiger partial charge in [-0.15, -0.1) is 0 Å². The van der Waals surface area contributed by atoms with Gasteiger partial charge in [0.05, 0.1) is 0 Å². The van der Waals surface area contributed by atoms with Crippen LogP contribution in [0, 0.1) is 11.3 Å². The molecule has 3 atom stereocenters. The topological polar surface area (TPSA) is 37.3 Å². The second kappa shape index (κ2) is 5.23. The van der Waals surface area contributed by atoms with Crippen LogP contribution in [-0.4, -0.2) is 11.1 Å². The van der Waals surface area contributed by atoms with Crippen LogP contribution in [0.4, 0.5) is 0 Å². The molecular weight excluding hydrogens is 284 g/mol. The van der Waals surface area contributed by atoms with E-state index in [2.05, 4.69) is 24.3 Å². The van der Waals surface area contributed by atoms with Crippen molar-refractivity contribution in [1.29, 1.82) is 0 Å². The summed E-state index contributed by atoms with van der Waals surface area (Å²) in [6.07, 6.45) is 5.21. The van der Waals surface area contributed by atoms with Crippen LogP contribution in [-0.2, 0) is 16.6 Å². The van der Waals surface area contributed by atoms with Crippen LogP contribution in [0.2, 0.25) is 0 Å². The van der Waals surface area contributed by atoms with Crippen molar-refractivity contribution in [1.82, 2.24) is 0 Å². The number of carboxylic acids is 1. The molecule has 2 fully saturated rings. The molecule has 0 amide bonds. The molecule has 4 rings (SSSR count). The molecule has 0 aliphatic heterocycles. The van der Waals surface area contributed by atoms with E-state index in [0.717, 1.165) is 31.2 Å². The van der Waals surface area contributed by atoms with E-state index in [9.17, 15) is 9.90 Å². The van der Waals surface area contributed by atoms with Gasteiger partial charge in [-0.3, -0.25) is 4.79 Å². The molecule has 118 valence electrons. The summed E-state index contributed by atoms with van der Waals surface area (Å²) in [6, 6.07) is 20.4. The number of carbonyl (C=O) groups is 1. The number of hydrogen-bond donors (Lipinski definition) is 1. The number of rotatable bonds is 5. The lowest BCUT2D eigenvalue weighted by molar-refractivity contribution is -0.141. The largest absolute Gasteiger partial charge is 0.481 e. The van der Waals surface area contributed by atoms with Gasteiger partial charge in [-0.05, 0) is 48.1 Å². The number of benzene rings is 2. The Kier molecular flexibility index (Phi) is 3.29. The fraction of sp³-hybridized carbons (Fsp3) is 0.381. The molecule has 2 aliphatic carbocycles. The Morgan fingerprint density at radius 3 is 2.35 bits per heavy atom. The summed E-state index contributed by atoms with van der Waals surface area (Å²) in [4.78, 5) is 12.3. The van der Waals surface area contributed by atoms with Crippen LogP contribution in [0.1, 0.15) is 36.8 Å². The molecule has 2 aromatic rings. The van der Waals surface area contributed by atoms with E-state index < -0.39 is 11.4 Å². The molecule has 0 bridgehead atoms. The number of aliphatic carboxylic acids is 1. The van der Waals surface area contributed by atoms with Crippen molar-refractivity contribution in [3.63, 3.8) is 0 Å². The lowest BCUT2D eigenvalue weighted by Crippen LogP contribution is -2.30. The molecule has 0 saturated heterocycles. The molecule has 0 heterocycles. The molecule has 2 aromatic carbocycles. The number of hydrogen-bond acceptors (Lipinski definition) is 1. The second-order valence-corrected chi connectivity index (χ2v) is 7.07. The van der Waals surface area contributed by atoms with E-state index in [0.29, 0.717) is 5.92 Å². The van der Waals surface area contributed by atoms with E-state index in [4.69, 9.17) is 0 Å². The van der Waals surface area contributed by atoms with Crippen LogP contribution < -0.4 is 0 Å². The first-order valence-electron chi connectivity index (χ1n) is 8.55. The second-order valence-electron chi connectivity index (χ2n) is 7.07. The van der Waals surface area contributed by atoms with Gasteiger partial charge in [-0.1, -0.05) is 67.1 Å². The quantitative estimate of drug-likeness (QED) is 0.886. The average Bonchev–Trinajstić information content (AvgIpc) is 2.92. The van der Waals surface area contributed by atoms with Gasteiger partial charge in [-0.2, -0.15) is 0 Å². The predicted molar refractivity (Wildman–Crippen MR) is 90.3 cm³/mol. The first-order valence-corrected chi connectivity index (χ1v) is 8.55.